The van der Waals surface area contributed by atoms with Crippen molar-refractivity contribution in [2.24, 2.45) is 0 Å². The van der Waals surface area contributed by atoms with Crippen molar-refractivity contribution in [3.05, 3.63) is 82.0 Å². The van der Waals surface area contributed by atoms with Gasteiger partial charge in [-0.1, -0.05) is 54.1 Å². The second-order valence-electron chi connectivity index (χ2n) is 8.84. The molecule has 2 aliphatic heterocycles. The van der Waals surface area contributed by atoms with Gasteiger partial charge < -0.3 is 15.5 Å². The van der Waals surface area contributed by atoms with Gasteiger partial charge in [0.1, 0.15) is 6.04 Å². The van der Waals surface area contributed by atoms with Crippen LogP contribution in [0.15, 0.2) is 65.9 Å². The molecule has 0 fully saturated rings. The number of benzene rings is 2. The number of rotatable bonds is 7. The van der Waals surface area contributed by atoms with Gasteiger partial charge in [0, 0.05) is 24.0 Å². The molecule has 8 heteroatoms. The lowest BCUT2D eigenvalue weighted by Crippen LogP contribution is -2.51. The predicted molar refractivity (Wildman–Crippen MR) is 131 cm³/mol. The Kier molecular flexibility index (Phi) is 6.93. The van der Waals surface area contributed by atoms with Gasteiger partial charge in [0.25, 0.3) is 5.91 Å². The molecule has 7 nitrogen and oxygen atoms in total. The van der Waals surface area contributed by atoms with E-state index in [0.717, 1.165) is 11.1 Å². The molecule has 2 aromatic rings. The van der Waals surface area contributed by atoms with E-state index in [1.807, 2.05) is 63.2 Å². The van der Waals surface area contributed by atoms with Crippen molar-refractivity contribution in [3.8, 4) is 0 Å². The first kappa shape index (κ1) is 23.8. The summed E-state index contributed by atoms with van der Waals surface area (Å²) in [5.41, 5.74) is 2.87. The summed E-state index contributed by atoms with van der Waals surface area (Å²) in [4.78, 5) is 43.2. The fraction of sp³-hybridized carbons (Fsp3) is 0.346. The quantitative estimate of drug-likeness (QED) is 0.634. The normalized spacial score (nSPS) is 18.8. The van der Waals surface area contributed by atoms with Gasteiger partial charge in [0.2, 0.25) is 5.91 Å². The molecule has 2 aliphatic rings. The van der Waals surface area contributed by atoms with Gasteiger partial charge in [0.05, 0.1) is 23.9 Å². The molecular weight excluding hydrogens is 452 g/mol. The lowest BCUT2D eigenvalue weighted by Gasteiger charge is -2.32. The maximum Gasteiger partial charge on any atom is 0.322 e. The molecule has 178 valence electrons. The first-order chi connectivity index (χ1) is 16.3. The van der Waals surface area contributed by atoms with Crippen molar-refractivity contribution in [1.82, 2.24) is 20.4 Å². The number of amides is 4. The second-order valence-corrected chi connectivity index (χ2v) is 9.28. The molecule has 0 aromatic heterocycles. The number of hydrogen-bond acceptors (Lipinski definition) is 3. The van der Waals surface area contributed by atoms with E-state index in [0.29, 0.717) is 29.3 Å². The highest BCUT2D eigenvalue weighted by Crippen LogP contribution is 2.37. The first-order valence-electron chi connectivity index (χ1n) is 11.5. The molecule has 0 saturated heterocycles. The van der Waals surface area contributed by atoms with Crippen molar-refractivity contribution < 1.29 is 14.4 Å². The van der Waals surface area contributed by atoms with E-state index < -0.39 is 12.1 Å². The Morgan fingerprint density at radius 1 is 1.12 bits per heavy atom. The van der Waals surface area contributed by atoms with Crippen molar-refractivity contribution in [2.75, 3.05) is 13.1 Å². The van der Waals surface area contributed by atoms with E-state index in [2.05, 4.69) is 10.6 Å². The molecule has 2 aromatic carbocycles. The summed E-state index contributed by atoms with van der Waals surface area (Å²) < 4.78 is 0. The van der Waals surface area contributed by atoms with E-state index in [9.17, 15) is 14.4 Å². The molecule has 34 heavy (non-hydrogen) atoms. The van der Waals surface area contributed by atoms with Crippen LogP contribution in [0.25, 0.3) is 0 Å². The van der Waals surface area contributed by atoms with Crippen LogP contribution >= 0.6 is 11.6 Å². The van der Waals surface area contributed by atoms with Gasteiger partial charge in [-0.05, 0) is 44.0 Å². The molecular formula is C26H29ClN4O3. The summed E-state index contributed by atoms with van der Waals surface area (Å²) in [5.74, 6) is -0.453. The number of nitrogens with one attached hydrogen (secondary N) is 2. The van der Waals surface area contributed by atoms with Crippen LogP contribution in [-0.2, 0) is 16.0 Å². The minimum absolute atomic E-state index is 0.0664. The first-order valence-corrected chi connectivity index (χ1v) is 11.9. The number of likely N-dealkylation sites (N-methyl/N-ethyl adjacent to an activating group) is 1. The van der Waals surface area contributed by atoms with E-state index in [4.69, 9.17) is 11.6 Å². The van der Waals surface area contributed by atoms with E-state index >= 15 is 0 Å². The van der Waals surface area contributed by atoms with Crippen LogP contribution in [-0.4, -0.2) is 52.8 Å². The maximum atomic E-state index is 13.9. The third-order valence-electron chi connectivity index (χ3n) is 6.15. The van der Waals surface area contributed by atoms with Crippen LogP contribution < -0.4 is 10.6 Å². The Labute approximate surface area is 204 Å². The average Bonchev–Trinajstić information content (AvgIpc) is 3.14. The monoisotopic (exact) mass is 480 g/mol. The Bertz CT molecular complexity index is 1110. The van der Waals surface area contributed by atoms with Crippen LogP contribution in [0.3, 0.4) is 0 Å². The lowest BCUT2D eigenvalue weighted by molar-refractivity contribution is -0.136. The van der Waals surface area contributed by atoms with Crippen LogP contribution in [0.2, 0.25) is 5.02 Å². The summed E-state index contributed by atoms with van der Waals surface area (Å²) in [5, 5.41) is 6.50. The summed E-state index contributed by atoms with van der Waals surface area (Å²) in [6.07, 6.45) is 0.380. The molecule has 2 heterocycles. The minimum Gasteiger partial charge on any atom is -0.352 e. The zero-order valence-electron chi connectivity index (χ0n) is 19.5. The number of carbonyl (C=O) groups excluding carboxylic acids is 3. The molecule has 0 aliphatic carbocycles. The molecule has 2 atom stereocenters. The number of nitrogens with zero attached hydrogens (tertiary/aromatic N) is 2. The van der Waals surface area contributed by atoms with E-state index in [1.165, 1.54) is 0 Å². The molecule has 2 unspecified atom stereocenters. The number of halogens is 1. The zero-order valence-corrected chi connectivity index (χ0v) is 20.3. The van der Waals surface area contributed by atoms with Crippen molar-refractivity contribution >= 4 is 29.4 Å². The van der Waals surface area contributed by atoms with Gasteiger partial charge >= 0.3 is 6.03 Å². The Morgan fingerprint density at radius 3 is 2.41 bits per heavy atom. The molecule has 0 bridgehead atoms. The zero-order chi connectivity index (χ0) is 24.4. The van der Waals surface area contributed by atoms with E-state index in [1.54, 1.807) is 21.9 Å². The molecule has 2 N–H and O–H groups in total. The fourth-order valence-electron chi connectivity index (χ4n) is 4.57. The molecule has 4 rings (SSSR count). The highest BCUT2D eigenvalue weighted by molar-refractivity contribution is 6.30. The van der Waals surface area contributed by atoms with Crippen LogP contribution in [0, 0.1) is 0 Å². The van der Waals surface area contributed by atoms with Crippen LogP contribution in [0.1, 0.15) is 37.9 Å². The van der Waals surface area contributed by atoms with Crippen LogP contribution in [0.5, 0.6) is 0 Å². The second kappa shape index (κ2) is 9.89. The predicted octanol–water partition coefficient (Wildman–Crippen LogP) is 3.66. The topological polar surface area (TPSA) is 81.8 Å². The van der Waals surface area contributed by atoms with Gasteiger partial charge in [-0.2, -0.15) is 0 Å². The van der Waals surface area contributed by atoms with Gasteiger partial charge in [-0.25, -0.2) is 4.79 Å². The third kappa shape index (κ3) is 4.66. The Morgan fingerprint density at radius 2 is 1.79 bits per heavy atom. The van der Waals surface area contributed by atoms with Crippen molar-refractivity contribution in [2.45, 2.75) is 45.3 Å². The Hall–Kier alpha value is -3.32. The third-order valence-corrected chi connectivity index (χ3v) is 6.40. The SMILES string of the molecule is CCN1C(=O)NC(c2ccc(Cl)cc2)C2=C1CN(C(Cc1ccccc1)C(=O)NC(C)C)C2=O. The van der Waals surface area contributed by atoms with Crippen LogP contribution in [0.4, 0.5) is 4.79 Å². The summed E-state index contributed by atoms with van der Waals surface area (Å²) in [6.45, 7) is 6.27. The molecule has 0 radical (unpaired) electrons. The lowest BCUT2D eigenvalue weighted by atomic mass is 9.95. The summed E-state index contributed by atoms with van der Waals surface area (Å²) >= 11 is 6.06. The standard InChI is InChI=1S/C26H29ClN4O3/c1-4-30-21-15-31(20(24(32)28-16(2)3)14-17-8-6-5-7-9-17)25(33)22(21)23(29-26(30)34)18-10-12-19(27)13-11-18/h5-13,16,20,23H,4,14-15H2,1-3H3,(H,28,32)(H,29,34). The fourth-order valence-corrected chi connectivity index (χ4v) is 4.69. The summed E-state index contributed by atoms with van der Waals surface area (Å²) in [6, 6.07) is 15.1. The van der Waals surface area contributed by atoms with Gasteiger partial charge in [0.15, 0.2) is 0 Å². The molecule has 0 spiro atoms. The highest BCUT2D eigenvalue weighted by Gasteiger charge is 2.46. The maximum absolute atomic E-state index is 13.9. The van der Waals surface area contributed by atoms with E-state index in [-0.39, 0.29) is 30.4 Å². The number of carbonyl (C=O) groups is 3. The largest absolute Gasteiger partial charge is 0.352 e. The number of hydrogen-bond donors (Lipinski definition) is 2. The highest BCUT2D eigenvalue weighted by atomic mass is 35.5. The molecule has 4 amide bonds. The minimum atomic E-state index is -0.706. The van der Waals surface area contributed by atoms with Crippen molar-refractivity contribution in [1.29, 1.82) is 0 Å². The van der Waals surface area contributed by atoms with Gasteiger partial charge in [-0.3, -0.25) is 14.5 Å². The Balaban J connectivity index is 1.72. The summed E-state index contributed by atoms with van der Waals surface area (Å²) in [7, 11) is 0. The van der Waals surface area contributed by atoms with Crippen molar-refractivity contribution in [3.63, 3.8) is 0 Å². The molecule has 0 saturated carbocycles. The van der Waals surface area contributed by atoms with Gasteiger partial charge in [-0.15, -0.1) is 0 Å². The average molecular weight is 481 g/mol. The smallest absolute Gasteiger partial charge is 0.322 e. The number of urea groups is 1.